The summed E-state index contributed by atoms with van der Waals surface area (Å²) in [7, 11) is 0. The molecule has 1 aliphatic heterocycles. The molecule has 1 saturated heterocycles. The molecule has 22 heavy (non-hydrogen) atoms. The first-order chi connectivity index (χ1) is 10.7. The summed E-state index contributed by atoms with van der Waals surface area (Å²) >= 11 is 0. The van der Waals surface area contributed by atoms with Crippen LogP contribution in [0.5, 0.6) is 0 Å². The molecule has 2 aromatic rings. The molecule has 1 amide bonds. The zero-order valence-corrected chi connectivity index (χ0v) is 12.4. The number of benzene rings is 1. The average molecular weight is 293 g/mol. The van der Waals surface area contributed by atoms with Gasteiger partial charge in [0.2, 0.25) is 5.91 Å². The zero-order chi connectivity index (χ0) is 15.0. The lowest BCUT2D eigenvalue weighted by Gasteiger charge is -2.12. The van der Waals surface area contributed by atoms with Crippen LogP contribution in [0.2, 0.25) is 0 Å². The molecule has 1 spiro atoms. The highest BCUT2D eigenvalue weighted by Crippen LogP contribution is 2.51. The van der Waals surface area contributed by atoms with Crippen LogP contribution in [0.15, 0.2) is 48.8 Å². The van der Waals surface area contributed by atoms with Crippen LogP contribution in [0.1, 0.15) is 19.3 Å². The molecular formula is C18H19N3O. The smallest absolute Gasteiger partial charge is 0.241 e. The van der Waals surface area contributed by atoms with Gasteiger partial charge in [0.05, 0.1) is 6.04 Å². The van der Waals surface area contributed by atoms with Gasteiger partial charge in [-0.05, 0) is 48.4 Å². The second-order valence-electron chi connectivity index (χ2n) is 6.45. The standard InChI is InChI=1S/C18H19N3O/c22-17(16-10-18(6-7-18)12-20-16)21-15-5-1-3-13(9-15)14-4-2-8-19-11-14/h1-5,8-9,11,16,20H,6-7,10,12H2,(H,21,22)/t16-/m0/s1. The van der Waals surface area contributed by atoms with Crippen LogP contribution in [0.25, 0.3) is 11.1 Å². The number of hydrogen-bond acceptors (Lipinski definition) is 3. The number of nitrogens with one attached hydrogen (secondary N) is 2. The monoisotopic (exact) mass is 293 g/mol. The van der Waals surface area contributed by atoms with E-state index in [2.05, 4.69) is 15.6 Å². The Balaban J connectivity index is 1.48. The molecule has 4 nitrogen and oxygen atoms in total. The summed E-state index contributed by atoms with van der Waals surface area (Å²) in [6, 6.07) is 11.8. The van der Waals surface area contributed by atoms with E-state index in [-0.39, 0.29) is 11.9 Å². The van der Waals surface area contributed by atoms with E-state index in [0.717, 1.165) is 29.8 Å². The van der Waals surface area contributed by atoms with Crippen LogP contribution in [-0.4, -0.2) is 23.5 Å². The number of rotatable bonds is 3. The van der Waals surface area contributed by atoms with E-state index < -0.39 is 0 Å². The third-order valence-corrected chi connectivity index (χ3v) is 4.76. The molecule has 4 rings (SSSR count). The van der Waals surface area contributed by atoms with Gasteiger partial charge in [-0.2, -0.15) is 0 Å². The number of anilines is 1. The van der Waals surface area contributed by atoms with Crippen LogP contribution < -0.4 is 10.6 Å². The molecule has 1 saturated carbocycles. The number of hydrogen-bond donors (Lipinski definition) is 2. The molecule has 2 fully saturated rings. The summed E-state index contributed by atoms with van der Waals surface area (Å²) in [5, 5.41) is 6.39. The third kappa shape index (κ3) is 2.62. The number of nitrogens with zero attached hydrogens (tertiary/aromatic N) is 1. The zero-order valence-electron chi connectivity index (χ0n) is 12.4. The van der Waals surface area contributed by atoms with Crippen molar-refractivity contribution in [3.8, 4) is 11.1 Å². The molecule has 1 aromatic carbocycles. The summed E-state index contributed by atoms with van der Waals surface area (Å²) in [5.74, 6) is 0.0760. The van der Waals surface area contributed by atoms with Crippen LogP contribution in [0.4, 0.5) is 5.69 Å². The molecule has 0 unspecified atom stereocenters. The SMILES string of the molecule is O=C(Nc1cccc(-c2cccnc2)c1)[C@@H]1CC2(CC2)CN1. The maximum Gasteiger partial charge on any atom is 0.241 e. The van der Waals surface area contributed by atoms with Gasteiger partial charge in [0.15, 0.2) is 0 Å². The Hall–Kier alpha value is -2.20. The van der Waals surface area contributed by atoms with Crippen LogP contribution in [0.3, 0.4) is 0 Å². The number of carbonyl (C=O) groups is 1. The van der Waals surface area contributed by atoms with Crippen molar-refractivity contribution in [3.63, 3.8) is 0 Å². The number of aromatic nitrogens is 1. The number of carbonyl (C=O) groups excluding carboxylic acids is 1. The first-order valence-electron chi connectivity index (χ1n) is 7.79. The van der Waals surface area contributed by atoms with Crippen molar-refractivity contribution in [1.29, 1.82) is 0 Å². The molecule has 0 bridgehead atoms. The summed E-state index contributed by atoms with van der Waals surface area (Å²) in [6.07, 6.45) is 7.09. The lowest BCUT2D eigenvalue weighted by atomic mass is 10.0. The highest BCUT2D eigenvalue weighted by Gasteiger charge is 2.49. The molecular weight excluding hydrogens is 274 g/mol. The summed E-state index contributed by atoms with van der Waals surface area (Å²) in [4.78, 5) is 16.5. The molecule has 1 atom stereocenters. The van der Waals surface area contributed by atoms with E-state index in [4.69, 9.17) is 0 Å². The number of amides is 1. The Morgan fingerprint density at radius 1 is 1.23 bits per heavy atom. The molecule has 4 heteroatoms. The van der Waals surface area contributed by atoms with Gasteiger partial charge in [-0.3, -0.25) is 9.78 Å². The van der Waals surface area contributed by atoms with Crippen molar-refractivity contribution in [1.82, 2.24) is 10.3 Å². The van der Waals surface area contributed by atoms with Gasteiger partial charge in [-0.15, -0.1) is 0 Å². The third-order valence-electron chi connectivity index (χ3n) is 4.76. The van der Waals surface area contributed by atoms with E-state index in [9.17, 15) is 4.79 Å². The fourth-order valence-electron chi connectivity index (χ4n) is 3.20. The Kier molecular flexibility index (Phi) is 3.19. The van der Waals surface area contributed by atoms with Crippen molar-refractivity contribution in [2.24, 2.45) is 5.41 Å². The van der Waals surface area contributed by atoms with Crippen molar-refractivity contribution in [2.75, 3.05) is 11.9 Å². The lowest BCUT2D eigenvalue weighted by molar-refractivity contribution is -0.117. The maximum atomic E-state index is 12.4. The normalized spacial score (nSPS) is 21.7. The lowest BCUT2D eigenvalue weighted by Crippen LogP contribution is -2.35. The largest absolute Gasteiger partial charge is 0.325 e. The van der Waals surface area contributed by atoms with E-state index in [1.807, 2.05) is 42.6 Å². The van der Waals surface area contributed by atoms with Crippen LogP contribution in [0, 0.1) is 5.41 Å². The second-order valence-corrected chi connectivity index (χ2v) is 6.45. The maximum absolute atomic E-state index is 12.4. The Labute approximate surface area is 130 Å². The molecule has 1 aliphatic carbocycles. The van der Waals surface area contributed by atoms with Gasteiger partial charge < -0.3 is 10.6 Å². The predicted octanol–water partition coefficient (Wildman–Crippen LogP) is 2.83. The molecule has 2 heterocycles. The van der Waals surface area contributed by atoms with Gasteiger partial charge >= 0.3 is 0 Å². The van der Waals surface area contributed by atoms with E-state index in [0.29, 0.717) is 5.41 Å². The minimum Gasteiger partial charge on any atom is -0.325 e. The summed E-state index contributed by atoms with van der Waals surface area (Å²) in [6.45, 7) is 0.987. The Morgan fingerprint density at radius 2 is 2.09 bits per heavy atom. The van der Waals surface area contributed by atoms with Gasteiger partial charge in [0.25, 0.3) is 0 Å². The van der Waals surface area contributed by atoms with Crippen molar-refractivity contribution >= 4 is 11.6 Å². The van der Waals surface area contributed by atoms with Crippen LogP contribution >= 0.6 is 0 Å². The highest BCUT2D eigenvalue weighted by molar-refractivity contribution is 5.95. The average Bonchev–Trinajstić information content (AvgIpc) is 3.17. The second kappa shape index (κ2) is 5.21. The Bertz CT molecular complexity index is 694. The van der Waals surface area contributed by atoms with Crippen molar-refractivity contribution in [3.05, 3.63) is 48.8 Å². The molecule has 112 valence electrons. The molecule has 2 aliphatic rings. The first-order valence-corrected chi connectivity index (χ1v) is 7.79. The quantitative estimate of drug-likeness (QED) is 0.915. The van der Waals surface area contributed by atoms with Crippen molar-refractivity contribution in [2.45, 2.75) is 25.3 Å². The molecule has 2 N–H and O–H groups in total. The highest BCUT2D eigenvalue weighted by atomic mass is 16.2. The topological polar surface area (TPSA) is 54.0 Å². The van der Waals surface area contributed by atoms with E-state index in [1.54, 1.807) is 6.20 Å². The predicted molar refractivity (Wildman–Crippen MR) is 86.4 cm³/mol. The Morgan fingerprint density at radius 3 is 2.82 bits per heavy atom. The van der Waals surface area contributed by atoms with E-state index >= 15 is 0 Å². The fourth-order valence-corrected chi connectivity index (χ4v) is 3.20. The molecule has 0 radical (unpaired) electrons. The van der Waals surface area contributed by atoms with Crippen molar-refractivity contribution < 1.29 is 4.79 Å². The van der Waals surface area contributed by atoms with Gasteiger partial charge in [0, 0.05) is 30.2 Å². The summed E-state index contributed by atoms with van der Waals surface area (Å²) in [5.41, 5.74) is 3.38. The summed E-state index contributed by atoms with van der Waals surface area (Å²) < 4.78 is 0. The fraction of sp³-hybridized carbons (Fsp3) is 0.333. The van der Waals surface area contributed by atoms with Gasteiger partial charge in [0.1, 0.15) is 0 Å². The van der Waals surface area contributed by atoms with Crippen LogP contribution in [-0.2, 0) is 4.79 Å². The van der Waals surface area contributed by atoms with E-state index in [1.165, 1.54) is 12.8 Å². The minimum atomic E-state index is -0.0513. The van der Waals surface area contributed by atoms with Gasteiger partial charge in [-0.1, -0.05) is 18.2 Å². The number of pyridine rings is 1. The molecule has 1 aromatic heterocycles. The minimum absolute atomic E-state index is 0.0513. The van der Waals surface area contributed by atoms with Gasteiger partial charge in [-0.25, -0.2) is 0 Å². The first kappa shape index (κ1) is 13.5.